The Hall–Kier alpha value is -0.820. The van der Waals surface area contributed by atoms with E-state index in [0.717, 1.165) is 6.54 Å². The largest absolute Gasteiger partial charge is 0.309 e. The van der Waals surface area contributed by atoms with Crippen LogP contribution >= 0.6 is 0 Å². The minimum absolute atomic E-state index is 0.322. The number of rotatable bonds is 4. The zero-order chi connectivity index (χ0) is 15.0. The summed E-state index contributed by atoms with van der Waals surface area (Å²) < 4.78 is 0. The molecular formula is C19H31N. The quantitative estimate of drug-likeness (QED) is 0.807. The van der Waals surface area contributed by atoms with Crippen LogP contribution in [0.3, 0.4) is 0 Å². The molecule has 0 heterocycles. The van der Waals surface area contributed by atoms with Crippen molar-refractivity contribution in [2.75, 3.05) is 6.54 Å². The summed E-state index contributed by atoms with van der Waals surface area (Å²) in [6, 6.07) is 9.52. The van der Waals surface area contributed by atoms with E-state index < -0.39 is 0 Å². The van der Waals surface area contributed by atoms with Crippen LogP contribution in [0, 0.1) is 11.3 Å². The third-order valence-electron chi connectivity index (χ3n) is 5.49. The molecule has 1 unspecified atom stereocenters. The Morgan fingerprint density at radius 2 is 1.90 bits per heavy atom. The van der Waals surface area contributed by atoms with Gasteiger partial charge in [0.2, 0.25) is 0 Å². The van der Waals surface area contributed by atoms with Gasteiger partial charge in [-0.1, -0.05) is 65.8 Å². The van der Waals surface area contributed by atoms with Crippen LogP contribution in [0.4, 0.5) is 0 Å². The van der Waals surface area contributed by atoms with Gasteiger partial charge in [0, 0.05) is 12.6 Å². The molecule has 1 aromatic rings. The Kier molecular flexibility index (Phi) is 4.30. The molecule has 0 radical (unpaired) electrons. The third kappa shape index (κ3) is 3.09. The maximum atomic E-state index is 3.84. The Balaban J connectivity index is 2.16. The van der Waals surface area contributed by atoms with Crippen LogP contribution in [-0.2, 0) is 5.41 Å². The van der Waals surface area contributed by atoms with Crippen molar-refractivity contribution in [1.82, 2.24) is 5.32 Å². The lowest BCUT2D eigenvalue weighted by molar-refractivity contribution is 0.219. The maximum absolute atomic E-state index is 3.84. The number of benzene rings is 1. The fourth-order valence-corrected chi connectivity index (χ4v) is 3.01. The van der Waals surface area contributed by atoms with E-state index in [4.69, 9.17) is 0 Å². The Labute approximate surface area is 125 Å². The molecule has 1 aliphatic rings. The van der Waals surface area contributed by atoms with Gasteiger partial charge in [-0.05, 0) is 40.7 Å². The highest BCUT2D eigenvalue weighted by atomic mass is 14.9. The summed E-state index contributed by atoms with van der Waals surface area (Å²) in [6.07, 6.45) is 2.52. The molecule has 1 heteroatoms. The normalized spacial score (nSPS) is 21.9. The first-order valence-corrected chi connectivity index (χ1v) is 8.07. The summed E-state index contributed by atoms with van der Waals surface area (Å²) in [7, 11) is 0. The molecular weight excluding hydrogens is 242 g/mol. The number of hydrogen-bond donors (Lipinski definition) is 1. The second-order valence-electron chi connectivity index (χ2n) is 8.09. The van der Waals surface area contributed by atoms with Gasteiger partial charge < -0.3 is 5.32 Å². The fraction of sp³-hybridized carbons (Fsp3) is 0.684. The highest BCUT2D eigenvalue weighted by molar-refractivity contribution is 5.38. The third-order valence-corrected chi connectivity index (χ3v) is 5.49. The summed E-state index contributed by atoms with van der Waals surface area (Å²) in [4.78, 5) is 0. The monoisotopic (exact) mass is 273 g/mol. The first kappa shape index (κ1) is 15.6. The van der Waals surface area contributed by atoms with Crippen molar-refractivity contribution < 1.29 is 0 Å². The minimum Gasteiger partial charge on any atom is -0.309 e. The van der Waals surface area contributed by atoms with E-state index >= 15 is 0 Å². The van der Waals surface area contributed by atoms with Crippen LogP contribution in [0.15, 0.2) is 24.3 Å². The lowest BCUT2D eigenvalue weighted by Gasteiger charge is -2.39. The van der Waals surface area contributed by atoms with Crippen LogP contribution < -0.4 is 5.32 Å². The van der Waals surface area contributed by atoms with E-state index in [1.165, 1.54) is 24.0 Å². The molecule has 0 saturated carbocycles. The molecule has 0 spiro atoms. The Morgan fingerprint density at radius 1 is 1.25 bits per heavy atom. The van der Waals surface area contributed by atoms with E-state index in [1.54, 1.807) is 0 Å². The van der Waals surface area contributed by atoms with E-state index in [-0.39, 0.29) is 0 Å². The van der Waals surface area contributed by atoms with Gasteiger partial charge in [-0.15, -0.1) is 0 Å². The molecule has 0 amide bonds. The van der Waals surface area contributed by atoms with Gasteiger partial charge in [-0.25, -0.2) is 0 Å². The molecule has 2 rings (SSSR count). The summed E-state index contributed by atoms with van der Waals surface area (Å²) in [5, 5.41) is 3.84. The van der Waals surface area contributed by atoms with Crippen LogP contribution in [0.25, 0.3) is 0 Å². The molecule has 0 aromatic heterocycles. The van der Waals surface area contributed by atoms with E-state index in [2.05, 4.69) is 71.1 Å². The van der Waals surface area contributed by atoms with Gasteiger partial charge in [0.15, 0.2) is 0 Å². The topological polar surface area (TPSA) is 12.0 Å². The Bertz CT molecular complexity index is 457. The maximum Gasteiger partial charge on any atom is 0.0323 e. The molecule has 20 heavy (non-hydrogen) atoms. The van der Waals surface area contributed by atoms with Gasteiger partial charge in [-0.2, -0.15) is 0 Å². The zero-order valence-corrected chi connectivity index (χ0v) is 14.1. The van der Waals surface area contributed by atoms with Gasteiger partial charge in [0.05, 0.1) is 0 Å². The molecule has 1 aliphatic carbocycles. The van der Waals surface area contributed by atoms with E-state index in [9.17, 15) is 0 Å². The van der Waals surface area contributed by atoms with Gasteiger partial charge in [0.25, 0.3) is 0 Å². The van der Waals surface area contributed by atoms with E-state index in [0.29, 0.717) is 22.8 Å². The number of hydrogen-bond acceptors (Lipinski definition) is 1. The van der Waals surface area contributed by atoms with Gasteiger partial charge >= 0.3 is 0 Å². The molecule has 0 bridgehead atoms. The highest BCUT2D eigenvalue weighted by Crippen LogP contribution is 2.41. The van der Waals surface area contributed by atoms with Crippen molar-refractivity contribution in [3.8, 4) is 0 Å². The van der Waals surface area contributed by atoms with Crippen LogP contribution in [0.2, 0.25) is 0 Å². The van der Waals surface area contributed by atoms with Crippen LogP contribution in [0.1, 0.15) is 71.6 Å². The lowest BCUT2D eigenvalue weighted by atomic mass is 9.70. The first-order chi connectivity index (χ1) is 9.24. The van der Waals surface area contributed by atoms with Crippen molar-refractivity contribution in [3.05, 3.63) is 35.4 Å². The predicted molar refractivity (Wildman–Crippen MR) is 88.1 cm³/mol. The minimum atomic E-state index is 0.322. The predicted octanol–water partition coefficient (Wildman–Crippen LogP) is 5.07. The standard InChI is InChI=1S/C19H31N/c1-14(2)19(5,6)13-20-17-11-12-18(3,4)16-10-8-7-9-15(16)17/h7-10,14,17,20H,11-13H2,1-6H3. The summed E-state index contributed by atoms with van der Waals surface area (Å²) in [5.41, 5.74) is 3.72. The smallest absolute Gasteiger partial charge is 0.0323 e. The lowest BCUT2D eigenvalue weighted by Crippen LogP contribution is -2.39. The first-order valence-electron chi connectivity index (χ1n) is 8.07. The second-order valence-corrected chi connectivity index (χ2v) is 8.09. The number of nitrogens with one attached hydrogen (secondary N) is 1. The van der Waals surface area contributed by atoms with Crippen molar-refractivity contribution in [1.29, 1.82) is 0 Å². The fourth-order valence-electron chi connectivity index (χ4n) is 3.01. The van der Waals surface area contributed by atoms with Crippen LogP contribution in [-0.4, -0.2) is 6.54 Å². The molecule has 0 fully saturated rings. The average Bonchev–Trinajstić information content (AvgIpc) is 2.38. The molecule has 1 N–H and O–H groups in total. The van der Waals surface area contributed by atoms with Crippen molar-refractivity contribution in [2.45, 2.75) is 65.8 Å². The molecule has 112 valence electrons. The number of fused-ring (bicyclic) bond motifs is 1. The molecule has 0 aliphatic heterocycles. The Morgan fingerprint density at radius 3 is 2.55 bits per heavy atom. The molecule has 1 atom stereocenters. The summed E-state index contributed by atoms with van der Waals surface area (Å²) in [5.74, 6) is 0.699. The molecule has 1 nitrogen and oxygen atoms in total. The highest BCUT2D eigenvalue weighted by Gasteiger charge is 2.33. The van der Waals surface area contributed by atoms with Gasteiger partial charge in [-0.3, -0.25) is 0 Å². The van der Waals surface area contributed by atoms with Crippen LogP contribution in [0.5, 0.6) is 0 Å². The summed E-state index contributed by atoms with van der Waals surface area (Å²) in [6.45, 7) is 15.2. The van der Waals surface area contributed by atoms with Gasteiger partial charge in [0.1, 0.15) is 0 Å². The molecule has 1 aromatic carbocycles. The van der Waals surface area contributed by atoms with Crippen molar-refractivity contribution in [2.24, 2.45) is 11.3 Å². The molecule has 0 saturated heterocycles. The van der Waals surface area contributed by atoms with E-state index in [1.807, 2.05) is 0 Å². The second kappa shape index (κ2) is 5.52. The SMILES string of the molecule is CC(C)C(C)(C)CNC1CCC(C)(C)c2ccccc21. The average molecular weight is 273 g/mol. The van der Waals surface area contributed by atoms with Crippen molar-refractivity contribution >= 4 is 0 Å². The zero-order valence-electron chi connectivity index (χ0n) is 14.1. The van der Waals surface area contributed by atoms with Crippen molar-refractivity contribution in [3.63, 3.8) is 0 Å². The summed E-state index contributed by atoms with van der Waals surface area (Å²) >= 11 is 0.